The molecule has 4 rings (SSSR count). The Morgan fingerprint density at radius 1 is 1.03 bits per heavy atom. The molecule has 0 bridgehead atoms. The van der Waals surface area contributed by atoms with E-state index >= 15 is 0 Å². The third-order valence-electron chi connectivity index (χ3n) is 5.36. The van der Waals surface area contributed by atoms with Crippen molar-refractivity contribution in [1.29, 1.82) is 0 Å². The molecule has 2 aliphatic heterocycles. The molecule has 158 valence electrons. The van der Waals surface area contributed by atoms with Gasteiger partial charge in [0.1, 0.15) is 16.5 Å². The summed E-state index contributed by atoms with van der Waals surface area (Å²) in [5, 5.41) is 2.74. The van der Waals surface area contributed by atoms with E-state index in [1.54, 1.807) is 24.3 Å². The maximum absolute atomic E-state index is 14.0. The van der Waals surface area contributed by atoms with Crippen molar-refractivity contribution >= 4 is 27.5 Å². The lowest BCUT2D eigenvalue weighted by molar-refractivity contribution is -0.136. The van der Waals surface area contributed by atoms with Gasteiger partial charge in [0.05, 0.1) is 5.92 Å². The van der Waals surface area contributed by atoms with E-state index in [0.717, 1.165) is 22.0 Å². The second-order valence-electron chi connectivity index (χ2n) is 7.20. The van der Waals surface area contributed by atoms with Crippen LogP contribution in [0.5, 0.6) is 0 Å². The number of hydrogen-bond donors (Lipinski definition) is 1. The number of amides is 2. The highest BCUT2D eigenvalue weighted by Crippen LogP contribution is 2.33. The molecule has 2 amide bonds. The number of rotatable bonds is 3. The van der Waals surface area contributed by atoms with Gasteiger partial charge in [0.2, 0.25) is 21.8 Å². The highest BCUT2D eigenvalue weighted by atomic mass is 32.2. The SMILES string of the molecule is O=C1CC(C(=O)N2CCN(S(=O)(=O)c3ccc(F)cc3F)CC2)c2ccccc2N1. The molecule has 0 spiro atoms. The van der Waals surface area contributed by atoms with Crippen LogP contribution in [-0.2, 0) is 19.6 Å². The van der Waals surface area contributed by atoms with Gasteiger partial charge in [-0.2, -0.15) is 4.31 Å². The van der Waals surface area contributed by atoms with Gasteiger partial charge in [-0.3, -0.25) is 9.59 Å². The molecule has 0 aliphatic carbocycles. The van der Waals surface area contributed by atoms with Crippen molar-refractivity contribution in [2.24, 2.45) is 0 Å². The molecule has 7 nitrogen and oxygen atoms in total. The third-order valence-corrected chi connectivity index (χ3v) is 7.29. The molecule has 0 aromatic heterocycles. The molecule has 2 aromatic rings. The first kappa shape index (κ1) is 20.4. The predicted octanol–water partition coefficient (Wildman–Crippen LogP) is 1.92. The standard InChI is InChI=1S/C20H19F2N3O4S/c21-13-5-6-18(16(22)11-13)30(28,29)25-9-7-24(8-10-25)20(27)15-12-19(26)23-17-4-2-1-3-14(15)17/h1-6,11,15H,7-10,12H2,(H,23,26). The number of halogens is 2. The monoisotopic (exact) mass is 435 g/mol. The zero-order chi connectivity index (χ0) is 21.5. The van der Waals surface area contributed by atoms with Gasteiger partial charge in [-0.1, -0.05) is 18.2 Å². The highest BCUT2D eigenvalue weighted by Gasteiger charge is 2.37. The average molecular weight is 435 g/mol. The summed E-state index contributed by atoms with van der Waals surface area (Å²) in [5.41, 5.74) is 1.32. The number of carbonyl (C=O) groups is 2. The van der Waals surface area contributed by atoms with Crippen molar-refractivity contribution in [3.05, 3.63) is 59.7 Å². The summed E-state index contributed by atoms with van der Waals surface area (Å²) in [6.07, 6.45) is 0.0230. The topological polar surface area (TPSA) is 86.8 Å². The van der Waals surface area contributed by atoms with Crippen LogP contribution >= 0.6 is 0 Å². The Morgan fingerprint density at radius 2 is 1.73 bits per heavy atom. The van der Waals surface area contributed by atoms with Crippen molar-refractivity contribution in [3.63, 3.8) is 0 Å². The molecule has 1 saturated heterocycles. The van der Waals surface area contributed by atoms with E-state index < -0.39 is 32.5 Å². The molecule has 0 saturated carbocycles. The van der Waals surface area contributed by atoms with E-state index in [1.807, 2.05) is 0 Å². The van der Waals surface area contributed by atoms with Crippen LogP contribution in [0.2, 0.25) is 0 Å². The van der Waals surface area contributed by atoms with Gasteiger partial charge in [0, 0.05) is 44.4 Å². The average Bonchev–Trinajstić information content (AvgIpc) is 2.72. The van der Waals surface area contributed by atoms with Crippen molar-refractivity contribution in [2.75, 3.05) is 31.5 Å². The Morgan fingerprint density at radius 3 is 2.43 bits per heavy atom. The van der Waals surface area contributed by atoms with Crippen LogP contribution in [0, 0.1) is 11.6 Å². The Balaban J connectivity index is 1.48. The predicted molar refractivity (Wildman–Crippen MR) is 104 cm³/mol. The smallest absolute Gasteiger partial charge is 0.246 e. The van der Waals surface area contributed by atoms with E-state index in [-0.39, 0.29) is 44.4 Å². The Hall–Kier alpha value is -2.85. The fourth-order valence-corrected chi connectivity index (χ4v) is 5.29. The van der Waals surface area contributed by atoms with Crippen LogP contribution in [0.25, 0.3) is 0 Å². The summed E-state index contributed by atoms with van der Waals surface area (Å²) in [6, 6.07) is 9.39. The largest absolute Gasteiger partial charge is 0.340 e. The molecular formula is C20H19F2N3O4S. The molecule has 2 aromatic carbocycles. The summed E-state index contributed by atoms with van der Waals surface area (Å²) in [6.45, 7) is 0.180. The lowest BCUT2D eigenvalue weighted by Crippen LogP contribution is -2.52. The molecule has 1 fully saturated rings. The molecule has 2 heterocycles. The Kier molecular flexibility index (Phi) is 5.29. The second kappa shape index (κ2) is 7.77. The molecule has 1 N–H and O–H groups in total. The molecule has 30 heavy (non-hydrogen) atoms. The second-order valence-corrected chi connectivity index (χ2v) is 9.10. The van der Waals surface area contributed by atoms with Crippen molar-refractivity contribution < 1.29 is 26.8 Å². The minimum absolute atomic E-state index is 0.0224. The Labute approximate surface area is 172 Å². The first-order chi connectivity index (χ1) is 14.3. The third kappa shape index (κ3) is 3.68. The summed E-state index contributed by atoms with van der Waals surface area (Å²) >= 11 is 0. The summed E-state index contributed by atoms with van der Waals surface area (Å²) in [5.74, 6) is -3.15. The molecule has 1 unspecified atom stereocenters. The lowest BCUT2D eigenvalue weighted by Gasteiger charge is -2.36. The first-order valence-corrected chi connectivity index (χ1v) is 10.8. The number of anilines is 1. The van der Waals surface area contributed by atoms with Gasteiger partial charge in [-0.05, 0) is 23.8 Å². The van der Waals surface area contributed by atoms with Crippen LogP contribution in [0.15, 0.2) is 47.4 Å². The number of nitrogens with one attached hydrogen (secondary N) is 1. The normalized spacial score (nSPS) is 19.9. The van der Waals surface area contributed by atoms with Gasteiger partial charge in [0.15, 0.2) is 0 Å². The number of piperazine rings is 1. The van der Waals surface area contributed by atoms with E-state index in [9.17, 15) is 26.8 Å². The van der Waals surface area contributed by atoms with Crippen molar-refractivity contribution in [1.82, 2.24) is 9.21 Å². The summed E-state index contributed by atoms with van der Waals surface area (Å²) in [4.78, 5) is 26.0. The molecule has 2 aliphatic rings. The molecule has 10 heteroatoms. The summed E-state index contributed by atoms with van der Waals surface area (Å²) < 4.78 is 53.6. The number of hydrogen-bond acceptors (Lipinski definition) is 4. The first-order valence-electron chi connectivity index (χ1n) is 9.40. The van der Waals surface area contributed by atoms with Gasteiger partial charge in [0.25, 0.3) is 0 Å². The minimum Gasteiger partial charge on any atom is -0.340 e. The zero-order valence-electron chi connectivity index (χ0n) is 15.8. The number of para-hydroxylation sites is 1. The van der Waals surface area contributed by atoms with Crippen molar-refractivity contribution in [2.45, 2.75) is 17.2 Å². The van der Waals surface area contributed by atoms with E-state index in [1.165, 1.54) is 4.90 Å². The van der Waals surface area contributed by atoms with Crippen LogP contribution in [0.4, 0.5) is 14.5 Å². The quantitative estimate of drug-likeness (QED) is 0.798. The molecule has 1 atom stereocenters. The number of benzene rings is 2. The fraction of sp³-hybridized carbons (Fsp3) is 0.300. The van der Waals surface area contributed by atoms with E-state index in [2.05, 4.69) is 5.32 Å². The Bertz CT molecular complexity index is 1110. The zero-order valence-corrected chi connectivity index (χ0v) is 16.7. The van der Waals surface area contributed by atoms with Crippen LogP contribution in [0.3, 0.4) is 0 Å². The van der Waals surface area contributed by atoms with Crippen molar-refractivity contribution in [3.8, 4) is 0 Å². The van der Waals surface area contributed by atoms with Crippen LogP contribution in [-0.4, -0.2) is 55.6 Å². The number of nitrogens with zero attached hydrogens (tertiary/aromatic N) is 2. The molecule has 0 radical (unpaired) electrons. The van der Waals surface area contributed by atoms with Gasteiger partial charge in [-0.15, -0.1) is 0 Å². The molecular weight excluding hydrogens is 416 g/mol. The fourth-order valence-electron chi connectivity index (χ4n) is 3.82. The van der Waals surface area contributed by atoms with Crippen LogP contribution < -0.4 is 5.32 Å². The number of sulfonamides is 1. The lowest BCUT2D eigenvalue weighted by atomic mass is 9.89. The van der Waals surface area contributed by atoms with Gasteiger partial charge >= 0.3 is 0 Å². The number of fused-ring (bicyclic) bond motifs is 1. The van der Waals surface area contributed by atoms with Gasteiger partial charge < -0.3 is 10.2 Å². The van der Waals surface area contributed by atoms with E-state index in [4.69, 9.17) is 0 Å². The van der Waals surface area contributed by atoms with E-state index in [0.29, 0.717) is 11.8 Å². The maximum Gasteiger partial charge on any atom is 0.246 e. The maximum atomic E-state index is 14.0. The minimum atomic E-state index is -4.15. The highest BCUT2D eigenvalue weighted by molar-refractivity contribution is 7.89. The van der Waals surface area contributed by atoms with Gasteiger partial charge in [-0.25, -0.2) is 17.2 Å². The van der Waals surface area contributed by atoms with Crippen LogP contribution in [0.1, 0.15) is 17.9 Å². The summed E-state index contributed by atoms with van der Waals surface area (Å²) in [7, 11) is -4.15. The number of carbonyl (C=O) groups excluding carboxylic acids is 2.